The van der Waals surface area contributed by atoms with E-state index in [1.807, 2.05) is 0 Å². The van der Waals surface area contributed by atoms with E-state index in [0.717, 1.165) is 0 Å². The molecule has 4 nitrogen and oxygen atoms in total. The average molecular weight is 172 g/mol. The molecule has 0 bridgehead atoms. The lowest BCUT2D eigenvalue weighted by Gasteiger charge is -2.12. The van der Waals surface area contributed by atoms with Crippen molar-refractivity contribution in [2.45, 2.75) is 20.0 Å². The van der Waals surface area contributed by atoms with Gasteiger partial charge in [-0.2, -0.15) is 0 Å². The highest BCUT2D eigenvalue weighted by Gasteiger charge is 2.35. The standard InChI is InChI=1S/C8H12O4/c1-4-6(9)3-12-8(11)5(2)7(4)10/h4-6,9H,3H2,1-2H3/t4-,5-,6+/m1/s1. The summed E-state index contributed by atoms with van der Waals surface area (Å²) in [5.41, 5.74) is 0. The predicted octanol–water partition coefficient (Wildman–Crippen LogP) is -0.255. The summed E-state index contributed by atoms with van der Waals surface area (Å²) < 4.78 is 4.66. The van der Waals surface area contributed by atoms with Crippen LogP contribution in [0.2, 0.25) is 0 Å². The first kappa shape index (κ1) is 9.19. The van der Waals surface area contributed by atoms with E-state index >= 15 is 0 Å². The molecule has 0 aromatic carbocycles. The molecule has 0 aromatic heterocycles. The Morgan fingerprint density at radius 2 is 2.00 bits per heavy atom. The first-order valence-corrected chi connectivity index (χ1v) is 3.92. The summed E-state index contributed by atoms with van der Waals surface area (Å²) in [6, 6.07) is 0. The molecule has 1 heterocycles. The maximum absolute atomic E-state index is 11.3. The molecular formula is C8H12O4. The first-order chi connectivity index (χ1) is 5.54. The average Bonchev–Trinajstić information content (AvgIpc) is 2.14. The summed E-state index contributed by atoms with van der Waals surface area (Å²) in [7, 11) is 0. The zero-order valence-corrected chi connectivity index (χ0v) is 7.11. The number of ether oxygens (including phenoxy) is 1. The number of carbonyl (C=O) groups excluding carboxylic acids is 2. The van der Waals surface area contributed by atoms with Crippen LogP contribution in [0.15, 0.2) is 0 Å². The Morgan fingerprint density at radius 3 is 2.58 bits per heavy atom. The largest absolute Gasteiger partial charge is 0.462 e. The van der Waals surface area contributed by atoms with Crippen LogP contribution in [-0.2, 0) is 14.3 Å². The first-order valence-electron chi connectivity index (χ1n) is 3.92. The molecule has 4 heteroatoms. The number of ketones is 1. The van der Waals surface area contributed by atoms with E-state index in [-0.39, 0.29) is 12.4 Å². The monoisotopic (exact) mass is 172 g/mol. The molecule has 1 N–H and O–H groups in total. The lowest BCUT2D eigenvalue weighted by Crippen LogP contribution is -2.29. The second-order valence-electron chi connectivity index (χ2n) is 3.11. The third kappa shape index (κ3) is 1.48. The van der Waals surface area contributed by atoms with Gasteiger partial charge in [0.05, 0.1) is 6.10 Å². The van der Waals surface area contributed by atoms with Crippen LogP contribution in [0, 0.1) is 11.8 Å². The highest BCUT2D eigenvalue weighted by atomic mass is 16.5. The molecule has 1 aliphatic rings. The summed E-state index contributed by atoms with van der Waals surface area (Å²) in [6.45, 7) is 3.03. The second-order valence-corrected chi connectivity index (χ2v) is 3.11. The van der Waals surface area contributed by atoms with E-state index < -0.39 is 23.9 Å². The van der Waals surface area contributed by atoms with E-state index in [1.54, 1.807) is 6.92 Å². The summed E-state index contributed by atoms with van der Waals surface area (Å²) in [4.78, 5) is 22.3. The van der Waals surface area contributed by atoms with Crippen molar-refractivity contribution in [3.63, 3.8) is 0 Å². The van der Waals surface area contributed by atoms with E-state index in [1.165, 1.54) is 6.92 Å². The molecule has 0 aliphatic carbocycles. The quantitative estimate of drug-likeness (QED) is 0.404. The summed E-state index contributed by atoms with van der Waals surface area (Å²) in [6.07, 6.45) is -0.855. The Labute approximate surface area is 70.5 Å². The molecule has 12 heavy (non-hydrogen) atoms. The molecule has 0 aromatic rings. The molecule has 1 fully saturated rings. The van der Waals surface area contributed by atoms with E-state index in [9.17, 15) is 14.7 Å². The SMILES string of the molecule is C[C@H]1C(=O)OC[C@H](O)[C@@H](C)C1=O. The Hall–Kier alpha value is -0.900. The van der Waals surface area contributed by atoms with Gasteiger partial charge in [-0.1, -0.05) is 6.92 Å². The minimum atomic E-state index is -0.855. The number of Topliss-reactive ketones (excluding diaryl/α,β-unsaturated/α-hetero) is 1. The van der Waals surface area contributed by atoms with Crippen LogP contribution < -0.4 is 0 Å². The fourth-order valence-electron chi connectivity index (χ4n) is 1.14. The molecule has 3 atom stereocenters. The Bertz CT molecular complexity index is 211. The third-order valence-corrected chi connectivity index (χ3v) is 2.20. The molecule has 0 spiro atoms. The number of carbonyl (C=O) groups is 2. The van der Waals surface area contributed by atoms with Gasteiger partial charge < -0.3 is 9.84 Å². The third-order valence-electron chi connectivity index (χ3n) is 2.20. The van der Waals surface area contributed by atoms with Gasteiger partial charge >= 0.3 is 5.97 Å². The molecule has 0 amide bonds. The normalized spacial score (nSPS) is 37.4. The zero-order chi connectivity index (χ0) is 9.30. The van der Waals surface area contributed by atoms with Crippen LogP contribution in [0.4, 0.5) is 0 Å². The number of cyclic esters (lactones) is 1. The fourth-order valence-corrected chi connectivity index (χ4v) is 1.14. The van der Waals surface area contributed by atoms with Gasteiger partial charge in [-0.05, 0) is 6.92 Å². The molecule has 1 rings (SSSR count). The van der Waals surface area contributed by atoms with Gasteiger partial charge in [0.15, 0.2) is 5.78 Å². The number of hydrogen-bond donors (Lipinski definition) is 1. The predicted molar refractivity (Wildman–Crippen MR) is 40.3 cm³/mol. The van der Waals surface area contributed by atoms with Crippen LogP contribution in [0.3, 0.4) is 0 Å². The van der Waals surface area contributed by atoms with Crippen LogP contribution in [-0.4, -0.2) is 29.6 Å². The van der Waals surface area contributed by atoms with E-state index in [2.05, 4.69) is 4.74 Å². The number of rotatable bonds is 0. The molecule has 0 radical (unpaired) electrons. The number of hydrogen-bond acceptors (Lipinski definition) is 4. The van der Waals surface area contributed by atoms with Crippen molar-refractivity contribution in [3.05, 3.63) is 0 Å². The van der Waals surface area contributed by atoms with Crippen LogP contribution in [0.5, 0.6) is 0 Å². The second kappa shape index (κ2) is 3.23. The van der Waals surface area contributed by atoms with Crippen molar-refractivity contribution in [3.8, 4) is 0 Å². The lowest BCUT2D eigenvalue weighted by molar-refractivity contribution is -0.150. The van der Waals surface area contributed by atoms with Gasteiger partial charge in [0.1, 0.15) is 12.5 Å². The number of esters is 1. The maximum Gasteiger partial charge on any atom is 0.316 e. The molecular weight excluding hydrogens is 160 g/mol. The zero-order valence-electron chi connectivity index (χ0n) is 7.11. The molecule has 1 aliphatic heterocycles. The number of aliphatic hydroxyl groups excluding tert-OH is 1. The molecule has 68 valence electrons. The van der Waals surface area contributed by atoms with Crippen molar-refractivity contribution in [1.29, 1.82) is 0 Å². The maximum atomic E-state index is 11.3. The molecule has 0 unspecified atom stereocenters. The smallest absolute Gasteiger partial charge is 0.316 e. The molecule has 1 saturated heterocycles. The van der Waals surface area contributed by atoms with Gasteiger partial charge in [0.25, 0.3) is 0 Å². The lowest BCUT2D eigenvalue weighted by atomic mass is 9.93. The van der Waals surface area contributed by atoms with Crippen molar-refractivity contribution in [1.82, 2.24) is 0 Å². The summed E-state index contributed by atoms with van der Waals surface area (Å²) >= 11 is 0. The minimum Gasteiger partial charge on any atom is -0.462 e. The highest BCUT2D eigenvalue weighted by Crippen LogP contribution is 2.17. The highest BCUT2D eigenvalue weighted by molar-refractivity contribution is 6.00. The van der Waals surface area contributed by atoms with Crippen LogP contribution in [0.25, 0.3) is 0 Å². The molecule has 0 saturated carbocycles. The minimum absolute atomic E-state index is 0.0733. The van der Waals surface area contributed by atoms with Gasteiger partial charge in [-0.25, -0.2) is 0 Å². The van der Waals surface area contributed by atoms with Gasteiger partial charge in [-0.15, -0.1) is 0 Å². The Balaban J connectivity index is 2.82. The fraction of sp³-hybridized carbons (Fsp3) is 0.750. The van der Waals surface area contributed by atoms with E-state index in [0.29, 0.717) is 0 Å². The van der Waals surface area contributed by atoms with Crippen molar-refractivity contribution < 1.29 is 19.4 Å². The van der Waals surface area contributed by atoms with Crippen molar-refractivity contribution >= 4 is 11.8 Å². The summed E-state index contributed by atoms with van der Waals surface area (Å²) in [5, 5.41) is 9.27. The van der Waals surface area contributed by atoms with Crippen molar-refractivity contribution in [2.24, 2.45) is 11.8 Å². The Kier molecular flexibility index (Phi) is 2.47. The van der Waals surface area contributed by atoms with Crippen LogP contribution in [0.1, 0.15) is 13.8 Å². The van der Waals surface area contributed by atoms with Gasteiger partial charge in [0.2, 0.25) is 0 Å². The van der Waals surface area contributed by atoms with Crippen molar-refractivity contribution in [2.75, 3.05) is 6.61 Å². The van der Waals surface area contributed by atoms with Crippen LogP contribution >= 0.6 is 0 Å². The number of aliphatic hydroxyl groups is 1. The topological polar surface area (TPSA) is 63.6 Å². The summed E-state index contributed by atoms with van der Waals surface area (Å²) in [5.74, 6) is -2.03. The van der Waals surface area contributed by atoms with E-state index in [4.69, 9.17) is 0 Å². The Morgan fingerprint density at radius 1 is 1.42 bits per heavy atom. The van der Waals surface area contributed by atoms with Gasteiger partial charge in [-0.3, -0.25) is 9.59 Å². The van der Waals surface area contributed by atoms with Gasteiger partial charge in [0, 0.05) is 5.92 Å².